The van der Waals surface area contributed by atoms with Crippen molar-refractivity contribution < 1.29 is 19.1 Å². The lowest BCUT2D eigenvalue weighted by Crippen LogP contribution is -2.35. The molecule has 0 atom stereocenters. The van der Waals surface area contributed by atoms with Gasteiger partial charge in [-0.2, -0.15) is 0 Å². The molecule has 1 aromatic heterocycles. The molecule has 0 saturated carbocycles. The Morgan fingerprint density at radius 3 is 2.62 bits per heavy atom. The van der Waals surface area contributed by atoms with Crippen molar-refractivity contribution in [2.75, 3.05) is 37.4 Å². The molecule has 10 heteroatoms. The maximum atomic E-state index is 12.6. The molecule has 168 valence electrons. The fraction of sp³-hybridized carbons (Fsp3) is 0.318. The van der Waals surface area contributed by atoms with Crippen molar-refractivity contribution in [1.29, 1.82) is 0 Å². The van der Waals surface area contributed by atoms with Crippen LogP contribution in [0.4, 0.5) is 10.5 Å². The van der Waals surface area contributed by atoms with E-state index in [4.69, 9.17) is 4.74 Å². The van der Waals surface area contributed by atoms with E-state index in [0.29, 0.717) is 5.57 Å². The summed E-state index contributed by atoms with van der Waals surface area (Å²) in [6.45, 7) is 4.40. The van der Waals surface area contributed by atoms with Crippen LogP contribution in [0.1, 0.15) is 22.4 Å². The molecule has 5 rings (SSSR count). The molecule has 4 heterocycles. The molecular formula is C22H23ClN4O4S. The Labute approximate surface area is 195 Å². The lowest BCUT2D eigenvalue weighted by molar-refractivity contribution is -0.125. The van der Waals surface area contributed by atoms with Crippen LogP contribution in [0.2, 0.25) is 0 Å². The van der Waals surface area contributed by atoms with Crippen molar-refractivity contribution in [3.8, 4) is 0 Å². The van der Waals surface area contributed by atoms with Crippen LogP contribution >= 0.6 is 24.2 Å². The number of H-pyrrole nitrogens is 1. The number of hydrogen-bond donors (Lipinski definition) is 2. The molecule has 0 radical (unpaired) electrons. The van der Waals surface area contributed by atoms with Gasteiger partial charge in [0.15, 0.2) is 0 Å². The van der Waals surface area contributed by atoms with Crippen LogP contribution in [-0.4, -0.2) is 63.9 Å². The Morgan fingerprint density at radius 2 is 1.88 bits per heavy atom. The van der Waals surface area contributed by atoms with Gasteiger partial charge < -0.3 is 15.0 Å². The van der Waals surface area contributed by atoms with Crippen LogP contribution in [0.5, 0.6) is 0 Å². The zero-order valence-corrected chi connectivity index (χ0v) is 18.9. The van der Waals surface area contributed by atoms with Crippen LogP contribution in [0.3, 0.4) is 0 Å². The Bertz CT molecular complexity index is 1080. The minimum atomic E-state index is -0.227. The number of nitrogens with zero attached hydrogens (tertiary/aromatic N) is 2. The summed E-state index contributed by atoms with van der Waals surface area (Å²) in [5.74, 6) is -0.158. The van der Waals surface area contributed by atoms with Gasteiger partial charge in [0.05, 0.1) is 31.1 Å². The lowest BCUT2D eigenvalue weighted by atomic mass is 10.0. The molecule has 32 heavy (non-hydrogen) atoms. The second-order valence-corrected chi connectivity index (χ2v) is 8.70. The largest absolute Gasteiger partial charge is 0.379 e. The van der Waals surface area contributed by atoms with Gasteiger partial charge in [-0.15, -0.1) is 12.4 Å². The number of aromatic nitrogens is 1. The Hall–Kier alpha value is -2.59. The first kappa shape index (κ1) is 22.6. The van der Waals surface area contributed by atoms with E-state index in [2.05, 4.69) is 21.3 Å². The van der Waals surface area contributed by atoms with E-state index >= 15 is 0 Å². The van der Waals surface area contributed by atoms with E-state index in [9.17, 15) is 14.4 Å². The number of fused-ring (bicyclic) bond motifs is 1. The number of anilines is 1. The third-order valence-corrected chi connectivity index (χ3v) is 6.48. The summed E-state index contributed by atoms with van der Waals surface area (Å²) in [5, 5.41) is 2.66. The van der Waals surface area contributed by atoms with Crippen LogP contribution in [-0.2, 0) is 27.4 Å². The summed E-state index contributed by atoms with van der Waals surface area (Å²) >= 11 is 1.02. The number of ether oxygens (including phenoxy) is 1. The number of rotatable bonds is 5. The van der Waals surface area contributed by atoms with E-state index in [0.717, 1.165) is 72.7 Å². The lowest BCUT2D eigenvalue weighted by Gasteiger charge is -2.25. The van der Waals surface area contributed by atoms with Gasteiger partial charge >= 0.3 is 0 Å². The van der Waals surface area contributed by atoms with Gasteiger partial charge in [-0.05, 0) is 35.4 Å². The summed E-state index contributed by atoms with van der Waals surface area (Å²) in [5.41, 5.74) is 4.89. The van der Waals surface area contributed by atoms with Crippen molar-refractivity contribution in [1.82, 2.24) is 14.8 Å². The number of thioether (sulfide) groups is 1. The monoisotopic (exact) mass is 474 g/mol. The zero-order valence-electron chi connectivity index (χ0n) is 17.3. The van der Waals surface area contributed by atoms with Crippen molar-refractivity contribution in [2.45, 2.75) is 13.1 Å². The van der Waals surface area contributed by atoms with Gasteiger partial charge in [-0.1, -0.05) is 17.8 Å². The molecule has 3 aliphatic heterocycles. The number of hydrogen-bond acceptors (Lipinski definition) is 6. The van der Waals surface area contributed by atoms with Crippen LogP contribution in [0.25, 0.3) is 11.6 Å². The molecule has 3 amide bonds. The first-order valence-electron chi connectivity index (χ1n) is 10.2. The second-order valence-electron chi connectivity index (χ2n) is 7.78. The van der Waals surface area contributed by atoms with E-state index in [1.54, 1.807) is 0 Å². The molecule has 1 aromatic carbocycles. The number of halogens is 1. The van der Waals surface area contributed by atoms with E-state index < -0.39 is 0 Å². The highest BCUT2D eigenvalue weighted by atomic mass is 35.5. The number of imide groups is 1. The fourth-order valence-electron chi connectivity index (χ4n) is 4.00. The molecule has 3 aliphatic rings. The van der Waals surface area contributed by atoms with E-state index in [1.807, 2.05) is 30.5 Å². The maximum Gasteiger partial charge on any atom is 0.289 e. The molecule has 0 spiro atoms. The van der Waals surface area contributed by atoms with Gasteiger partial charge in [-0.25, -0.2) is 0 Å². The van der Waals surface area contributed by atoms with Crippen molar-refractivity contribution in [3.05, 3.63) is 52.8 Å². The molecule has 0 unspecified atom stereocenters. The normalized spacial score (nSPS) is 19.9. The number of nitrogens with one attached hydrogen (secondary N) is 2. The Morgan fingerprint density at radius 1 is 1.06 bits per heavy atom. The molecule has 2 N–H and O–H groups in total. The van der Waals surface area contributed by atoms with Gasteiger partial charge in [-0.3, -0.25) is 24.2 Å². The fourth-order valence-corrected chi connectivity index (χ4v) is 4.72. The number of carbonyl (C=O) groups excluding carboxylic acids is 3. The highest BCUT2D eigenvalue weighted by Crippen LogP contribution is 2.34. The van der Waals surface area contributed by atoms with Crippen molar-refractivity contribution in [2.24, 2.45) is 0 Å². The number of morpholine rings is 1. The highest BCUT2D eigenvalue weighted by Gasteiger charge is 2.31. The average Bonchev–Trinajstić information content (AvgIpc) is 3.43. The molecule has 0 bridgehead atoms. The summed E-state index contributed by atoms with van der Waals surface area (Å²) < 4.78 is 5.39. The van der Waals surface area contributed by atoms with Crippen molar-refractivity contribution >= 4 is 58.6 Å². The highest BCUT2D eigenvalue weighted by molar-refractivity contribution is 8.14. The SMILES string of the molecule is Cl.O=C1Nc2ccc(CN3C(=O)CSC3=O)cc2C1=Cc1cc(CN2CCOCC2)c[nH]1. The van der Waals surface area contributed by atoms with Gasteiger partial charge in [0, 0.05) is 42.8 Å². The summed E-state index contributed by atoms with van der Waals surface area (Å²) in [6.07, 6.45) is 3.81. The smallest absolute Gasteiger partial charge is 0.289 e. The van der Waals surface area contributed by atoms with Crippen LogP contribution < -0.4 is 5.32 Å². The quantitative estimate of drug-likeness (QED) is 0.647. The second kappa shape index (κ2) is 9.50. The average molecular weight is 475 g/mol. The molecule has 8 nitrogen and oxygen atoms in total. The minimum absolute atomic E-state index is 0. The molecule has 2 fully saturated rings. The number of carbonyl (C=O) groups is 3. The molecule has 2 saturated heterocycles. The number of amides is 3. The summed E-state index contributed by atoms with van der Waals surface area (Å²) in [7, 11) is 0. The third-order valence-electron chi connectivity index (χ3n) is 5.62. The molecule has 2 aromatic rings. The van der Waals surface area contributed by atoms with E-state index in [1.165, 1.54) is 4.90 Å². The predicted molar refractivity (Wildman–Crippen MR) is 125 cm³/mol. The van der Waals surface area contributed by atoms with Crippen LogP contribution in [0.15, 0.2) is 30.5 Å². The van der Waals surface area contributed by atoms with Gasteiger partial charge in [0.2, 0.25) is 5.91 Å². The van der Waals surface area contributed by atoms with Gasteiger partial charge in [0.1, 0.15) is 0 Å². The first-order valence-corrected chi connectivity index (χ1v) is 11.2. The maximum absolute atomic E-state index is 12.6. The van der Waals surface area contributed by atoms with Gasteiger partial charge in [0.25, 0.3) is 11.1 Å². The molecular weight excluding hydrogens is 452 g/mol. The topological polar surface area (TPSA) is 94.7 Å². The Balaban J connectivity index is 0.00000245. The summed E-state index contributed by atoms with van der Waals surface area (Å²) in [6, 6.07) is 7.58. The zero-order chi connectivity index (χ0) is 21.4. The molecule has 0 aliphatic carbocycles. The summed E-state index contributed by atoms with van der Waals surface area (Å²) in [4.78, 5) is 43.2. The standard InChI is InChI=1S/C22H22N4O4S.ClH/c27-20-13-31-22(29)26(20)12-14-1-2-19-17(8-14)18(21(28)24-19)9-16-7-15(10-23-16)11-25-3-5-30-6-4-25;/h1-2,7-10,23H,3-6,11-13H2,(H,24,28);1H. The number of benzene rings is 1. The van der Waals surface area contributed by atoms with E-state index in [-0.39, 0.29) is 41.8 Å². The van der Waals surface area contributed by atoms with Crippen LogP contribution in [0, 0.1) is 0 Å². The van der Waals surface area contributed by atoms with Crippen molar-refractivity contribution in [3.63, 3.8) is 0 Å². The third kappa shape index (κ3) is 4.61. The minimum Gasteiger partial charge on any atom is -0.379 e. The Kier molecular flexibility index (Phi) is 6.71. The predicted octanol–water partition coefficient (Wildman–Crippen LogP) is 2.96. The number of aromatic amines is 1. The first-order chi connectivity index (χ1) is 15.1.